The quantitative estimate of drug-likeness (QED) is 0.438. The van der Waals surface area contributed by atoms with Gasteiger partial charge in [-0.3, -0.25) is 20.3 Å². The van der Waals surface area contributed by atoms with Gasteiger partial charge in [0, 0.05) is 23.6 Å². The van der Waals surface area contributed by atoms with Crippen molar-refractivity contribution >= 4 is 22.6 Å². The minimum atomic E-state index is -0.328. The molecule has 0 spiro atoms. The minimum Gasteiger partial charge on any atom is -0.352 e. The maximum absolute atomic E-state index is 12.3. The first-order chi connectivity index (χ1) is 15.2. The van der Waals surface area contributed by atoms with Crippen LogP contribution in [0.5, 0.6) is 0 Å². The van der Waals surface area contributed by atoms with E-state index >= 15 is 0 Å². The average Bonchev–Trinajstić information content (AvgIpc) is 3.59. The van der Waals surface area contributed by atoms with Gasteiger partial charge in [-0.05, 0) is 42.9 Å². The zero-order valence-corrected chi connectivity index (χ0v) is 19.7. The molecular weight excluding hydrogens is 402 g/mol. The van der Waals surface area contributed by atoms with Crippen LogP contribution in [0.25, 0.3) is 10.8 Å². The molecule has 0 aliphatic heterocycles. The summed E-state index contributed by atoms with van der Waals surface area (Å²) in [6.45, 7) is 11.7. The highest BCUT2D eigenvalue weighted by Crippen LogP contribution is 2.25. The molecular formula is C26H37N3O3. The lowest BCUT2D eigenvalue weighted by atomic mass is 9.84. The third kappa shape index (κ3) is 8.35. The number of benzene rings is 2. The van der Waals surface area contributed by atoms with Crippen LogP contribution in [-0.4, -0.2) is 29.6 Å². The Kier molecular flexibility index (Phi) is 9.72. The lowest BCUT2D eigenvalue weighted by Crippen LogP contribution is -2.42. The summed E-state index contributed by atoms with van der Waals surface area (Å²) in [5.41, 5.74) is 3.74. The number of carbonyl (C=O) groups is 2. The maximum Gasteiger partial charge on any atom is 0.239 e. The van der Waals surface area contributed by atoms with Crippen LogP contribution >= 0.6 is 0 Å². The first-order valence-electron chi connectivity index (χ1n) is 11.3. The van der Waals surface area contributed by atoms with E-state index in [1.807, 2.05) is 26.3 Å². The zero-order chi connectivity index (χ0) is 23.7. The lowest BCUT2D eigenvalue weighted by molar-refractivity contribution is -0.130. The van der Waals surface area contributed by atoms with Gasteiger partial charge in [-0.1, -0.05) is 75.4 Å². The highest BCUT2D eigenvalue weighted by molar-refractivity contribution is 5.86. The molecule has 2 aromatic carbocycles. The number of hydroxylamine groups is 1. The largest absolute Gasteiger partial charge is 0.352 e. The van der Waals surface area contributed by atoms with Gasteiger partial charge in [0.15, 0.2) is 0 Å². The second kappa shape index (κ2) is 12.2. The highest BCUT2D eigenvalue weighted by Gasteiger charge is 2.29. The highest BCUT2D eigenvalue weighted by atomic mass is 16.5. The summed E-state index contributed by atoms with van der Waals surface area (Å²) in [5.74, 6) is -0.552. The predicted molar refractivity (Wildman–Crippen MR) is 129 cm³/mol. The molecule has 2 atom stereocenters. The zero-order valence-electron chi connectivity index (χ0n) is 19.7. The van der Waals surface area contributed by atoms with Gasteiger partial charge in [0.25, 0.3) is 0 Å². The Labute approximate surface area is 191 Å². The van der Waals surface area contributed by atoms with Gasteiger partial charge in [0.05, 0.1) is 6.54 Å². The standard InChI is InChI=1S/C15H27N3O3.C11H10/c1-9(2)7-13(10(3)11(4)18-21)15(20)16-8-14(19)17-12-5-6-12;1-9-6-7-10-4-2-3-5-11(10)8-9/h9-10,12-13,18,21H,4-8H2,1-3H3,(H,16,20)(H,17,19);2-8H,1H3/t10-,13+;/m0./s1. The van der Waals surface area contributed by atoms with Crippen molar-refractivity contribution in [1.29, 1.82) is 0 Å². The first-order valence-corrected chi connectivity index (χ1v) is 11.3. The SMILES string of the molecule is C=C(NO)[C@H](C)[C@@H](CC(C)C)C(=O)NCC(=O)NC1CC1.Cc1ccc2ccccc2c1. The number of hydrogen-bond acceptors (Lipinski definition) is 4. The summed E-state index contributed by atoms with van der Waals surface area (Å²) >= 11 is 0. The van der Waals surface area contributed by atoms with E-state index in [0.29, 0.717) is 18.0 Å². The summed E-state index contributed by atoms with van der Waals surface area (Å²) in [6.07, 6.45) is 2.71. The van der Waals surface area contributed by atoms with Gasteiger partial charge in [-0.25, -0.2) is 0 Å². The second-order valence-corrected chi connectivity index (χ2v) is 9.07. The number of amides is 2. The van der Waals surface area contributed by atoms with Crippen LogP contribution in [0.1, 0.15) is 45.6 Å². The van der Waals surface area contributed by atoms with Crippen molar-refractivity contribution in [3.05, 3.63) is 60.3 Å². The van der Waals surface area contributed by atoms with Crippen molar-refractivity contribution in [2.75, 3.05) is 6.54 Å². The first kappa shape index (κ1) is 25.4. The van der Waals surface area contributed by atoms with Crippen LogP contribution in [0.3, 0.4) is 0 Å². The Bertz CT molecular complexity index is 921. The molecule has 0 radical (unpaired) electrons. The molecule has 174 valence electrons. The van der Waals surface area contributed by atoms with E-state index in [0.717, 1.165) is 12.8 Å². The molecule has 4 N–H and O–H groups in total. The van der Waals surface area contributed by atoms with Crippen molar-refractivity contribution in [3.63, 3.8) is 0 Å². The van der Waals surface area contributed by atoms with Gasteiger partial charge in [0.2, 0.25) is 11.8 Å². The molecule has 3 rings (SSSR count). The normalized spacial score (nSPS) is 14.7. The number of carbonyl (C=O) groups excluding carboxylic acids is 2. The van der Waals surface area contributed by atoms with Gasteiger partial charge in [0.1, 0.15) is 0 Å². The molecule has 0 heterocycles. The van der Waals surface area contributed by atoms with Gasteiger partial charge >= 0.3 is 0 Å². The molecule has 1 saturated carbocycles. The molecule has 0 saturated heterocycles. The molecule has 2 amide bonds. The fraction of sp³-hybridized carbons (Fsp3) is 0.462. The summed E-state index contributed by atoms with van der Waals surface area (Å²) in [5, 5.41) is 17.1. The van der Waals surface area contributed by atoms with Crippen molar-refractivity contribution in [1.82, 2.24) is 16.1 Å². The van der Waals surface area contributed by atoms with E-state index in [-0.39, 0.29) is 36.2 Å². The van der Waals surface area contributed by atoms with Crippen LogP contribution in [0.15, 0.2) is 54.7 Å². The van der Waals surface area contributed by atoms with E-state index in [1.165, 1.54) is 16.3 Å². The van der Waals surface area contributed by atoms with Gasteiger partial charge in [-0.15, -0.1) is 0 Å². The van der Waals surface area contributed by atoms with E-state index in [2.05, 4.69) is 66.6 Å². The molecule has 1 fully saturated rings. The molecule has 6 heteroatoms. The fourth-order valence-corrected chi connectivity index (χ4v) is 3.50. The van der Waals surface area contributed by atoms with E-state index < -0.39 is 0 Å². The Morgan fingerprint density at radius 2 is 1.75 bits per heavy atom. The van der Waals surface area contributed by atoms with Crippen LogP contribution in [-0.2, 0) is 9.59 Å². The number of allylic oxidation sites excluding steroid dienone is 1. The molecule has 6 nitrogen and oxygen atoms in total. The summed E-state index contributed by atoms with van der Waals surface area (Å²) in [4.78, 5) is 23.9. The van der Waals surface area contributed by atoms with E-state index in [9.17, 15) is 9.59 Å². The van der Waals surface area contributed by atoms with Crippen molar-refractivity contribution in [3.8, 4) is 0 Å². The summed E-state index contributed by atoms with van der Waals surface area (Å²) < 4.78 is 0. The number of hydrogen-bond donors (Lipinski definition) is 4. The van der Waals surface area contributed by atoms with Crippen LogP contribution in [0.2, 0.25) is 0 Å². The third-order valence-corrected chi connectivity index (χ3v) is 5.63. The average molecular weight is 440 g/mol. The molecule has 0 bridgehead atoms. The number of nitrogens with one attached hydrogen (secondary N) is 3. The third-order valence-electron chi connectivity index (χ3n) is 5.63. The maximum atomic E-state index is 12.3. The summed E-state index contributed by atoms with van der Waals surface area (Å²) in [7, 11) is 0. The second-order valence-electron chi connectivity index (χ2n) is 9.07. The van der Waals surface area contributed by atoms with Crippen molar-refractivity contribution in [2.24, 2.45) is 17.8 Å². The molecule has 2 aromatic rings. The predicted octanol–water partition coefficient (Wildman–Crippen LogP) is 4.32. The van der Waals surface area contributed by atoms with E-state index in [4.69, 9.17) is 5.21 Å². The van der Waals surface area contributed by atoms with Crippen molar-refractivity contribution in [2.45, 2.75) is 53.0 Å². The Morgan fingerprint density at radius 3 is 2.34 bits per heavy atom. The Balaban J connectivity index is 0.000000273. The topological polar surface area (TPSA) is 90.5 Å². The van der Waals surface area contributed by atoms with Gasteiger partial charge in [-0.2, -0.15) is 0 Å². The molecule has 32 heavy (non-hydrogen) atoms. The monoisotopic (exact) mass is 439 g/mol. The van der Waals surface area contributed by atoms with Crippen LogP contribution < -0.4 is 16.1 Å². The lowest BCUT2D eigenvalue weighted by Gasteiger charge is -2.25. The fourth-order valence-electron chi connectivity index (χ4n) is 3.50. The Morgan fingerprint density at radius 1 is 1.09 bits per heavy atom. The number of aryl methyl sites for hydroxylation is 1. The molecule has 0 unspecified atom stereocenters. The van der Waals surface area contributed by atoms with E-state index in [1.54, 1.807) is 0 Å². The summed E-state index contributed by atoms with van der Waals surface area (Å²) in [6, 6.07) is 15.2. The molecule has 1 aliphatic carbocycles. The van der Waals surface area contributed by atoms with Crippen molar-refractivity contribution < 1.29 is 14.8 Å². The van der Waals surface area contributed by atoms with Crippen LogP contribution in [0, 0.1) is 24.7 Å². The number of rotatable bonds is 9. The number of fused-ring (bicyclic) bond motifs is 1. The Hall–Kier alpha value is -2.86. The minimum absolute atomic E-state index is 0.00429. The molecule has 0 aromatic heterocycles. The smallest absolute Gasteiger partial charge is 0.239 e. The van der Waals surface area contributed by atoms with Crippen LogP contribution in [0.4, 0.5) is 0 Å². The van der Waals surface area contributed by atoms with Gasteiger partial charge < -0.3 is 10.6 Å². The molecule has 1 aliphatic rings.